The molecule has 0 aliphatic carbocycles. The molecule has 0 amide bonds. The normalized spacial score (nSPS) is 9.66. The molecule has 6 N–H and O–H groups in total. The molecule has 0 radical (unpaired) electrons. The molecule has 0 aliphatic heterocycles. The summed E-state index contributed by atoms with van der Waals surface area (Å²) < 4.78 is 0. The molecule has 4 aromatic carbocycles. The van der Waals surface area contributed by atoms with Crippen molar-refractivity contribution in [3.8, 4) is 0 Å². The summed E-state index contributed by atoms with van der Waals surface area (Å²) in [6.07, 6.45) is 3.19. The van der Waals surface area contributed by atoms with Crippen LogP contribution < -0.4 is 0 Å². The van der Waals surface area contributed by atoms with E-state index in [1.54, 1.807) is 12.2 Å². The smallest absolute Gasteiger partial charge is 0.803 e. The van der Waals surface area contributed by atoms with Crippen LogP contribution in [0.15, 0.2) is 144 Å². The van der Waals surface area contributed by atoms with Crippen molar-refractivity contribution in [1.82, 2.24) is 0 Å². The summed E-state index contributed by atoms with van der Waals surface area (Å²) in [5.74, 6) is 0. The molecule has 0 bridgehead atoms. The van der Waals surface area contributed by atoms with E-state index in [0.29, 0.717) is 21.5 Å². The predicted octanol–water partition coefficient (Wildman–Crippen LogP) is 6.64. The fourth-order valence-electron chi connectivity index (χ4n) is 2.97. The Hall–Kier alpha value is -2.86. The van der Waals surface area contributed by atoms with E-state index in [-0.39, 0.29) is 60.4 Å². The van der Waals surface area contributed by atoms with Gasteiger partial charge in [0.2, 0.25) is 0 Å². The average molecular weight is 717 g/mol. The molecule has 0 atom stereocenters. The number of allylic oxidation sites excluding steroid dienone is 2. The van der Waals surface area contributed by atoms with E-state index in [4.69, 9.17) is 36.1 Å². The molecule has 224 valence electrons. The van der Waals surface area contributed by atoms with E-state index in [1.165, 1.54) is 0 Å². The minimum Gasteiger partial charge on any atom is -0.803 e. The molecule has 6 nitrogen and oxygen atoms in total. The maximum atomic E-state index is 7.92. The first-order valence-corrected chi connectivity index (χ1v) is 11.9. The molecule has 0 spiro atoms. The number of nitrogens with one attached hydrogen (secondary N) is 2. The van der Waals surface area contributed by atoms with Crippen molar-refractivity contribution < 1.29 is 60.4 Å². The zero-order valence-electron chi connectivity index (χ0n) is 21.4. The summed E-state index contributed by atoms with van der Waals surface area (Å²) in [6.45, 7) is 0. The van der Waals surface area contributed by atoms with Crippen LogP contribution in [0.1, 0.15) is 11.1 Å². The minimum absolute atomic E-state index is 0. The Bertz CT molecular complexity index is 1230. The van der Waals surface area contributed by atoms with E-state index in [2.05, 4.69) is 10.6 Å². The zero-order valence-corrected chi connectivity index (χ0v) is 26.0. The topological polar surface area (TPSA) is 139 Å². The van der Waals surface area contributed by atoms with Gasteiger partial charge < -0.3 is 57.7 Å². The van der Waals surface area contributed by atoms with Crippen molar-refractivity contribution in [2.75, 3.05) is 0 Å². The first-order chi connectivity index (χ1) is 17.5. The molecule has 0 saturated heterocycles. The van der Waals surface area contributed by atoms with Crippen LogP contribution in [0, 0.1) is 10.8 Å². The van der Waals surface area contributed by atoms with E-state index in [0.717, 1.165) is 22.5 Å². The van der Waals surface area contributed by atoms with E-state index in [9.17, 15) is 0 Å². The molecule has 41 heavy (non-hydrogen) atoms. The quantitative estimate of drug-likeness (QED) is 0.120. The maximum Gasteiger partial charge on any atom is 2.00 e. The summed E-state index contributed by atoms with van der Waals surface area (Å²) in [5, 5.41) is 25.2. The molecule has 0 saturated carbocycles. The fraction of sp³-hybridized carbons (Fsp3) is 0. The third kappa shape index (κ3) is 16.2. The molecule has 0 unspecified atom stereocenters. The van der Waals surface area contributed by atoms with Crippen molar-refractivity contribution in [3.05, 3.63) is 165 Å². The number of hydrogen-bond acceptors (Lipinski definition) is 4. The van der Waals surface area contributed by atoms with Crippen LogP contribution in [0.25, 0.3) is 10.6 Å². The van der Waals surface area contributed by atoms with Crippen molar-refractivity contribution >= 4 is 48.1 Å². The van der Waals surface area contributed by atoms with Crippen LogP contribution >= 0.6 is 0 Å². The monoisotopic (exact) mass is 714 g/mol. The van der Waals surface area contributed by atoms with Gasteiger partial charge >= 0.3 is 16.5 Å². The SMILES string of the molecule is N=C(/C=C(/[S-])[N-]c1ccccc1)c1ccccc1.N=C(/C=C(/[S-])[N-]c1ccccc1)c1ccccc1.O.O.[Ni+2].[Ni].[Ni]. The third-order valence-corrected chi connectivity index (χ3v) is 5.11. The van der Waals surface area contributed by atoms with Gasteiger partial charge in [0.05, 0.1) is 11.4 Å². The number of para-hydroxylation sites is 2. The van der Waals surface area contributed by atoms with Crippen molar-refractivity contribution in [2.45, 2.75) is 0 Å². The van der Waals surface area contributed by atoms with Crippen LogP contribution in [-0.4, -0.2) is 22.4 Å². The predicted molar refractivity (Wildman–Crippen MR) is 164 cm³/mol. The van der Waals surface area contributed by atoms with Gasteiger partial charge in [0.25, 0.3) is 0 Å². The number of nitrogens with zero attached hydrogens (tertiary/aromatic N) is 2. The van der Waals surface area contributed by atoms with Crippen molar-refractivity contribution in [2.24, 2.45) is 0 Å². The van der Waals surface area contributed by atoms with Gasteiger partial charge in [0.1, 0.15) is 0 Å². The summed E-state index contributed by atoms with van der Waals surface area (Å²) in [4.78, 5) is 0. The molecule has 0 aliphatic rings. The van der Waals surface area contributed by atoms with Gasteiger partial charge in [-0.1, -0.05) is 133 Å². The Labute approximate surface area is 282 Å². The maximum absolute atomic E-state index is 7.92. The van der Waals surface area contributed by atoms with Crippen LogP contribution in [0.3, 0.4) is 0 Å². The standard InChI is InChI=1S/2C15H13N2S.3Ni.2H2O/c2*16-14(12-7-3-1-4-8-12)11-15(18)17-13-9-5-2-6-10-13;;;;;/h2*1-11H,(H2-,16,17,18);;;;2*1H2/q2*-1;;;+2;;/p-2. The van der Waals surface area contributed by atoms with Crippen LogP contribution in [0.5, 0.6) is 0 Å². The first-order valence-electron chi connectivity index (χ1n) is 11.1. The summed E-state index contributed by atoms with van der Waals surface area (Å²) in [6, 6.07) is 38.0. The Kier molecular flexibility index (Phi) is 24.7. The van der Waals surface area contributed by atoms with Crippen LogP contribution in [-0.2, 0) is 74.7 Å². The molecular weight excluding hydrogens is 689 g/mol. The summed E-state index contributed by atoms with van der Waals surface area (Å²) >= 11 is 10.3. The number of rotatable bonds is 8. The first kappa shape index (κ1) is 42.6. The molecule has 0 aromatic heterocycles. The van der Waals surface area contributed by atoms with E-state index < -0.39 is 0 Å². The molecule has 11 heteroatoms. The van der Waals surface area contributed by atoms with Crippen LogP contribution in [0.4, 0.5) is 11.4 Å². The molecule has 0 heterocycles. The average Bonchev–Trinajstić information content (AvgIpc) is 2.91. The summed E-state index contributed by atoms with van der Waals surface area (Å²) in [5.41, 5.74) is 4.03. The van der Waals surface area contributed by atoms with Gasteiger partial charge in [-0.25, -0.2) is 0 Å². The third-order valence-electron chi connectivity index (χ3n) is 4.70. The van der Waals surface area contributed by atoms with Crippen molar-refractivity contribution in [1.29, 1.82) is 10.8 Å². The van der Waals surface area contributed by atoms with E-state index >= 15 is 0 Å². The molecule has 0 fully saturated rings. The van der Waals surface area contributed by atoms with Crippen molar-refractivity contribution in [3.63, 3.8) is 0 Å². The number of hydrogen-bond donors (Lipinski definition) is 2. The Balaban J connectivity index is -0.000000628. The fourth-order valence-corrected chi connectivity index (χ4v) is 3.42. The zero-order chi connectivity index (χ0) is 25.6. The summed E-state index contributed by atoms with van der Waals surface area (Å²) in [7, 11) is 0. The molecule has 4 rings (SSSR count). The number of benzene rings is 4. The van der Waals surface area contributed by atoms with E-state index in [1.807, 2.05) is 121 Å². The van der Waals surface area contributed by atoms with Gasteiger partial charge in [-0.2, -0.15) is 0 Å². The van der Waals surface area contributed by atoms with Crippen LogP contribution in [0.2, 0.25) is 0 Å². The minimum atomic E-state index is 0. The molecule has 4 aromatic rings. The Morgan fingerprint density at radius 1 is 0.488 bits per heavy atom. The van der Waals surface area contributed by atoms with Gasteiger partial charge in [-0.3, -0.25) is 10.1 Å². The second-order valence-electron chi connectivity index (χ2n) is 7.42. The Morgan fingerprint density at radius 3 is 1.00 bits per heavy atom. The van der Waals surface area contributed by atoms with Gasteiger partial charge in [-0.15, -0.1) is 11.4 Å². The van der Waals surface area contributed by atoms with Gasteiger partial charge in [0.15, 0.2) is 0 Å². The Morgan fingerprint density at radius 2 is 0.732 bits per heavy atom. The largest absolute Gasteiger partial charge is 2.00 e. The molecular formula is C30H28N4Ni3O2S2-2. The second-order valence-corrected chi connectivity index (χ2v) is 8.26. The van der Waals surface area contributed by atoms with Gasteiger partial charge in [-0.05, 0) is 11.1 Å². The second kappa shape index (κ2) is 23.8. The van der Waals surface area contributed by atoms with Gasteiger partial charge in [0, 0.05) is 33.0 Å².